The Bertz CT molecular complexity index is 402. The van der Waals surface area contributed by atoms with Gasteiger partial charge >= 0.3 is 0 Å². The fourth-order valence-electron chi connectivity index (χ4n) is 1.30. The Morgan fingerprint density at radius 3 is 2.68 bits per heavy atom. The van der Waals surface area contributed by atoms with Crippen molar-refractivity contribution in [1.82, 2.24) is 10.6 Å². The molecule has 2 atom stereocenters. The van der Waals surface area contributed by atoms with Gasteiger partial charge in [0.05, 0.1) is 0 Å². The molecule has 19 heavy (non-hydrogen) atoms. The van der Waals surface area contributed by atoms with Crippen molar-refractivity contribution in [3.8, 4) is 5.75 Å². The van der Waals surface area contributed by atoms with E-state index in [-0.39, 0.29) is 24.4 Å². The molecule has 1 aromatic carbocycles. The molecule has 0 saturated carbocycles. The number of halogens is 2. The van der Waals surface area contributed by atoms with Crippen LogP contribution in [0.5, 0.6) is 5.75 Å². The molecule has 6 heteroatoms. The van der Waals surface area contributed by atoms with E-state index in [1.54, 1.807) is 31.2 Å². The van der Waals surface area contributed by atoms with Crippen LogP contribution in [0.4, 0.5) is 0 Å². The summed E-state index contributed by atoms with van der Waals surface area (Å²) in [6.07, 6.45) is -0.549. The van der Waals surface area contributed by atoms with E-state index in [1.165, 1.54) is 0 Å². The molecular weight excluding hydrogens is 287 g/mol. The van der Waals surface area contributed by atoms with Crippen molar-refractivity contribution in [3.63, 3.8) is 0 Å². The van der Waals surface area contributed by atoms with Gasteiger partial charge in [-0.2, -0.15) is 0 Å². The summed E-state index contributed by atoms with van der Waals surface area (Å²) in [7, 11) is 1.85. The molecule has 0 aliphatic heterocycles. The molecule has 0 spiro atoms. The van der Waals surface area contributed by atoms with Gasteiger partial charge in [-0.3, -0.25) is 4.79 Å². The Morgan fingerprint density at radius 2 is 2.11 bits per heavy atom. The van der Waals surface area contributed by atoms with Crippen LogP contribution in [0.3, 0.4) is 0 Å². The number of likely N-dealkylation sites (N-methyl/N-ethyl adjacent to an activating group) is 1. The molecule has 0 saturated heterocycles. The van der Waals surface area contributed by atoms with E-state index in [9.17, 15) is 4.79 Å². The minimum absolute atomic E-state index is 0. The van der Waals surface area contributed by atoms with Gasteiger partial charge in [-0.1, -0.05) is 17.7 Å². The molecule has 1 rings (SSSR count). The highest BCUT2D eigenvalue weighted by Crippen LogP contribution is 2.18. The van der Waals surface area contributed by atoms with Gasteiger partial charge < -0.3 is 15.4 Å². The monoisotopic (exact) mass is 306 g/mol. The van der Waals surface area contributed by atoms with Crippen molar-refractivity contribution in [3.05, 3.63) is 29.3 Å². The van der Waals surface area contributed by atoms with Crippen LogP contribution in [0.2, 0.25) is 5.02 Å². The number of hydrogen-bond donors (Lipinski definition) is 2. The zero-order valence-electron chi connectivity index (χ0n) is 11.3. The van der Waals surface area contributed by atoms with Crippen LogP contribution in [0.15, 0.2) is 24.3 Å². The van der Waals surface area contributed by atoms with Gasteiger partial charge in [-0.25, -0.2) is 0 Å². The van der Waals surface area contributed by atoms with Gasteiger partial charge in [0, 0.05) is 17.6 Å². The lowest BCUT2D eigenvalue weighted by atomic mass is 10.3. The Hall–Kier alpha value is -0.970. The number of hydrogen-bond acceptors (Lipinski definition) is 3. The Labute approximate surface area is 125 Å². The van der Waals surface area contributed by atoms with Crippen LogP contribution in [-0.2, 0) is 4.79 Å². The third-order valence-corrected chi connectivity index (χ3v) is 2.79. The maximum Gasteiger partial charge on any atom is 0.260 e. The number of nitrogens with one attached hydrogen (secondary N) is 2. The summed E-state index contributed by atoms with van der Waals surface area (Å²) < 4.78 is 5.51. The maximum absolute atomic E-state index is 11.8. The lowest BCUT2D eigenvalue weighted by Gasteiger charge is -2.16. The quantitative estimate of drug-likeness (QED) is 0.847. The maximum atomic E-state index is 11.8. The van der Waals surface area contributed by atoms with Crippen molar-refractivity contribution in [2.75, 3.05) is 13.6 Å². The molecule has 108 valence electrons. The molecular formula is C13H20Cl2N2O2. The fourth-order valence-corrected chi connectivity index (χ4v) is 1.48. The third-order valence-electron chi connectivity index (χ3n) is 2.55. The summed E-state index contributed by atoms with van der Waals surface area (Å²) in [4.78, 5) is 11.8. The number of carbonyl (C=O) groups is 1. The van der Waals surface area contributed by atoms with Gasteiger partial charge in [-0.05, 0) is 39.1 Å². The van der Waals surface area contributed by atoms with Gasteiger partial charge in [0.2, 0.25) is 0 Å². The molecule has 4 nitrogen and oxygen atoms in total. The Balaban J connectivity index is 0.00000324. The van der Waals surface area contributed by atoms with E-state index in [0.717, 1.165) is 0 Å². The number of carbonyl (C=O) groups excluding carboxylic acids is 1. The average Bonchev–Trinajstić information content (AvgIpc) is 2.35. The van der Waals surface area contributed by atoms with E-state index in [0.29, 0.717) is 17.3 Å². The average molecular weight is 307 g/mol. The third kappa shape index (κ3) is 6.66. The SMILES string of the molecule is CNC(C)CNC(=O)C(C)Oc1cccc(Cl)c1.Cl. The predicted octanol–water partition coefficient (Wildman–Crippen LogP) is 2.25. The lowest BCUT2D eigenvalue weighted by Crippen LogP contribution is -2.42. The highest BCUT2D eigenvalue weighted by molar-refractivity contribution is 6.30. The number of amides is 1. The van der Waals surface area contributed by atoms with Crippen LogP contribution < -0.4 is 15.4 Å². The number of rotatable bonds is 6. The van der Waals surface area contributed by atoms with Crippen LogP contribution in [-0.4, -0.2) is 31.6 Å². The summed E-state index contributed by atoms with van der Waals surface area (Å²) >= 11 is 5.84. The Morgan fingerprint density at radius 1 is 1.42 bits per heavy atom. The first-order chi connectivity index (χ1) is 8.52. The summed E-state index contributed by atoms with van der Waals surface area (Å²) in [5, 5.41) is 6.44. The molecule has 0 heterocycles. The summed E-state index contributed by atoms with van der Waals surface area (Å²) in [6, 6.07) is 7.22. The minimum Gasteiger partial charge on any atom is -0.481 e. The second-order valence-electron chi connectivity index (χ2n) is 4.15. The molecule has 0 radical (unpaired) electrons. The highest BCUT2D eigenvalue weighted by Gasteiger charge is 2.14. The second kappa shape index (κ2) is 9.02. The van der Waals surface area contributed by atoms with E-state index in [1.807, 2.05) is 14.0 Å². The molecule has 0 aromatic heterocycles. The predicted molar refractivity (Wildman–Crippen MR) is 80.3 cm³/mol. The van der Waals surface area contributed by atoms with Crippen molar-refractivity contribution < 1.29 is 9.53 Å². The fraction of sp³-hybridized carbons (Fsp3) is 0.462. The van der Waals surface area contributed by atoms with Gasteiger partial charge in [-0.15, -0.1) is 12.4 Å². The van der Waals surface area contributed by atoms with Crippen molar-refractivity contribution in [2.45, 2.75) is 26.0 Å². The standard InChI is InChI=1S/C13H19ClN2O2.ClH/c1-9(15-3)8-16-13(17)10(2)18-12-6-4-5-11(14)7-12;/h4-7,9-10,15H,8H2,1-3H3,(H,16,17);1H. The van der Waals surface area contributed by atoms with Gasteiger partial charge in [0.25, 0.3) is 5.91 Å². The zero-order valence-corrected chi connectivity index (χ0v) is 12.8. The minimum atomic E-state index is -0.549. The second-order valence-corrected chi connectivity index (χ2v) is 4.59. The van der Waals surface area contributed by atoms with Crippen LogP contribution in [0.1, 0.15) is 13.8 Å². The number of ether oxygens (including phenoxy) is 1. The number of benzene rings is 1. The van der Waals surface area contributed by atoms with Crippen LogP contribution in [0, 0.1) is 0 Å². The van der Waals surface area contributed by atoms with Crippen LogP contribution >= 0.6 is 24.0 Å². The van der Waals surface area contributed by atoms with E-state index in [4.69, 9.17) is 16.3 Å². The summed E-state index contributed by atoms with van der Waals surface area (Å²) in [5.41, 5.74) is 0. The lowest BCUT2D eigenvalue weighted by molar-refractivity contribution is -0.127. The van der Waals surface area contributed by atoms with Crippen molar-refractivity contribution >= 4 is 29.9 Å². The van der Waals surface area contributed by atoms with Gasteiger partial charge in [0.1, 0.15) is 5.75 Å². The first-order valence-corrected chi connectivity index (χ1v) is 6.28. The molecule has 0 bridgehead atoms. The van der Waals surface area contributed by atoms with Crippen molar-refractivity contribution in [2.24, 2.45) is 0 Å². The van der Waals surface area contributed by atoms with E-state index in [2.05, 4.69) is 10.6 Å². The summed E-state index contributed by atoms with van der Waals surface area (Å²) in [6.45, 7) is 4.27. The molecule has 0 aliphatic rings. The first-order valence-electron chi connectivity index (χ1n) is 5.90. The largest absolute Gasteiger partial charge is 0.481 e. The van der Waals surface area contributed by atoms with Gasteiger partial charge in [0.15, 0.2) is 6.10 Å². The van der Waals surface area contributed by atoms with E-state index >= 15 is 0 Å². The topological polar surface area (TPSA) is 50.4 Å². The smallest absolute Gasteiger partial charge is 0.260 e. The molecule has 2 N–H and O–H groups in total. The molecule has 0 fully saturated rings. The molecule has 1 amide bonds. The normalized spacial score (nSPS) is 13.1. The Kier molecular flexibility index (Phi) is 8.56. The highest BCUT2D eigenvalue weighted by atomic mass is 35.5. The van der Waals surface area contributed by atoms with Crippen LogP contribution in [0.25, 0.3) is 0 Å². The molecule has 0 aliphatic carbocycles. The zero-order chi connectivity index (χ0) is 13.5. The molecule has 1 aromatic rings. The molecule has 2 unspecified atom stereocenters. The van der Waals surface area contributed by atoms with Crippen molar-refractivity contribution in [1.29, 1.82) is 0 Å². The van der Waals surface area contributed by atoms with E-state index < -0.39 is 6.10 Å². The first kappa shape index (κ1) is 18.0. The summed E-state index contributed by atoms with van der Waals surface area (Å²) in [5.74, 6) is 0.448.